The summed E-state index contributed by atoms with van der Waals surface area (Å²) in [6.45, 7) is 3.98. The fourth-order valence-corrected chi connectivity index (χ4v) is 1.23. The predicted octanol–water partition coefficient (Wildman–Crippen LogP) is 2.76. The normalized spacial score (nSPS) is 9.77. The van der Waals surface area contributed by atoms with E-state index in [1.807, 2.05) is 25.1 Å². The van der Waals surface area contributed by atoms with Crippen LogP contribution in [0.4, 0.5) is 5.69 Å². The Balaban J connectivity index is 2.68. The molecular weight excluding hydrogens is 230 g/mol. The van der Waals surface area contributed by atoms with Crippen LogP contribution in [0.5, 0.6) is 0 Å². The third-order valence-corrected chi connectivity index (χ3v) is 2.59. The summed E-state index contributed by atoms with van der Waals surface area (Å²) in [6.07, 6.45) is 0. The smallest absolute Gasteiger partial charge is 0.148 e. The Kier molecular flexibility index (Phi) is 3.48. The first-order chi connectivity index (χ1) is 6.09. The fraction of sp³-hybridized carbons (Fsp3) is 0.300. The number of Topliss-reactive ketones (excluding diaryl/α,β-unsaturated/α-hetero) is 1. The predicted molar refractivity (Wildman–Crippen MR) is 58.0 cm³/mol. The Morgan fingerprint density at radius 2 is 2.23 bits per heavy atom. The Hall–Kier alpha value is -0.830. The molecule has 0 heterocycles. The molecule has 3 heteroatoms. The van der Waals surface area contributed by atoms with Crippen molar-refractivity contribution in [2.45, 2.75) is 13.8 Å². The highest BCUT2D eigenvalue weighted by Crippen LogP contribution is 2.19. The van der Waals surface area contributed by atoms with Crippen molar-refractivity contribution in [3.8, 4) is 0 Å². The fourth-order valence-electron chi connectivity index (χ4n) is 0.981. The number of carbonyl (C=O) groups is 1. The number of aryl methyl sites for hydroxylation is 1. The van der Waals surface area contributed by atoms with Gasteiger partial charge in [0.2, 0.25) is 0 Å². The number of halogens is 1. The maximum absolute atomic E-state index is 10.7. The van der Waals surface area contributed by atoms with Crippen molar-refractivity contribution >= 4 is 27.4 Å². The van der Waals surface area contributed by atoms with E-state index in [2.05, 4.69) is 21.2 Å². The highest BCUT2D eigenvalue weighted by Gasteiger charge is 1.97. The third kappa shape index (κ3) is 3.19. The molecule has 0 unspecified atom stereocenters. The van der Waals surface area contributed by atoms with E-state index in [9.17, 15) is 4.79 Å². The first-order valence-electron chi connectivity index (χ1n) is 4.09. The first kappa shape index (κ1) is 10.3. The summed E-state index contributed by atoms with van der Waals surface area (Å²) in [5, 5.41) is 3.04. The van der Waals surface area contributed by atoms with Crippen LogP contribution < -0.4 is 5.32 Å². The summed E-state index contributed by atoms with van der Waals surface area (Å²) >= 11 is 3.41. The second kappa shape index (κ2) is 4.42. The average molecular weight is 242 g/mol. The zero-order valence-corrected chi connectivity index (χ0v) is 9.31. The lowest BCUT2D eigenvalue weighted by molar-refractivity contribution is -0.115. The van der Waals surface area contributed by atoms with Crippen molar-refractivity contribution in [2.75, 3.05) is 11.9 Å². The van der Waals surface area contributed by atoms with E-state index in [0.717, 1.165) is 15.7 Å². The molecular formula is C10H12BrNO. The molecule has 0 fully saturated rings. The summed E-state index contributed by atoms with van der Waals surface area (Å²) in [5.74, 6) is 0.139. The lowest BCUT2D eigenvalue weighted by Gasteiger charge is -2.05. The van der Waals surface area contributed by atoms with Gasteiger partial charge in [-0.25, -0.2) is 0 Å². The summed E-state index contributed by atoms with van der Waals surface area (Å²) < 4.78 is 1.08. The molecule has 0 saturated heterocycles. The molecule has 0 aliphatic rings. The van der Waals surface area contributed by atoms with Crippen LogP contribution in [0.15, 0.2) is 22.7 Å². The quantitative estimate of drug-likeness (QED) is 0.882. The van der Waals surface area contributed by atoms with Gasteiger partial charge in [-0.15, -0.1) is 0 Å². The molecule has 1 rings (SSSR count). The molecule has 0 saturated carbocycles. The number of rotatable bonds is 3. The summed E-state index contributed by atoms with van der Waals surface area (Å²) in [6, 6.07) is 5.92. The maximum Gasteiger partial charge on any atom is 0.148 e. The van der Waals surface area contributed by atoms with Crippen LogP contribution in [0.2, 0.25) is 0 Å². The molecule has 1 N–H and O–H groups in total. The van der Waals surface area contributed by atoms with Gasteiger partial charge in [0, 0.05) is 10.2 Å². The van der Waals surface area contributed by atoms with Crippen LogP contribution in [-0.2, 0) is 4.79 Å². The Labute approximate surface area is 86.5 Å². The van der Waals surface area contributed by atoms with Gasteiger partial charge in [0.25, 0.3) is 0 Å². The second-order valence-electron chi connectivity index (χ2n) is 3.02. The monoisotopic (exact) mass is 241 g/mol. The van der Waals surface area contributed by atoms with E-state index in [0.29, 0.717) is 6.54 Å². The SMILES string of the molecule is CC(=O)CNc1ccc(Br)c(C)c1. The second-order valence-corrected chi connectivity index (χ2v) is 3.87. The van der Waals surface area contributed by atoms with Gasteiger partial charge in [-0.3, -0.25) is 4.79 Å². The average Bonchev–Trinajstić information content (AvgIpc) is 2.07. The van der Waals surface area contributed by atoms with E-state index < -0.39 is 0 Å². The standard InChI is InChI=1S/C10H12BrNO/c1-7-5-9(3-4-10(7)11)12-6-8(2)13/h3-5,12H,6H2,1-2H3. The Morgan fingerprint density at radius 3 is 2.77 bits per heavy atom. The molecule has 0 aliphatic carbocycles. The van der Waals surface area contributed by atoms with Gasteiger partial charge < -0.3 is 5.32 Å². The lowest BCUT2D eigenvalue weighted by Crippen LogP contribution is -2.09. The molecule has 1 aromatic carbocycles. The molecule has 70 valence electrons. The number of hydrogen-bond acceptors (Lipinski definition) is 2. The van der Waals surface area contributed by atoms with Gasteiger partial charge >= 0.3 is 0 Å². The van der Waals surface area contributed by atoms with Crippen LogP contribution in [0, 0.1) is 6.92 Å². The molecule has 0 amide bonds. The first-order valence-corrected chi connectivity index (χ1v) is 4.88. The van der Waals surface area contributed by atoms with Crippen LogP contribution in [-0.4, -0.2) is 12.3 Å². The van der Waals surface area contributed by atoms with Crippen molar-refractivity contribution in [2.24, 2.45) is 0 Å². The van der Waals surface area contributed by atoms with Gasteiger partial charge in [0.05, 0.1) is 6.54 Å². The van der Waals surface area contributed by atoms with Gasteiger partial charge in [-0.1, -0.05) is 15.9 Å². The summed E-state index contributed by atoms with van der Waals surface area (Å²) in [7, 11) is 0. The highest BCUT2D eigenvalue weighted by atomic mass is 79.9. The van der Waals surface area contributed by atoms with E-state index >= 15 is 0 Å². The van der Waals surface area contributed by atoms with E-state index in [4.69, 9.17) is 0 Å². The maximum atomic E-state index is 10.7. The number of anilines is 1. The van der Waals surface area contributed by atoms with E-state index in [-0.39, 0.29) is 5.78 Å². The van der Waals surface area contributed by atoms with Crippen LogP contribution in [0.1, 0.15) is 12.5 Å². The molecule has 0 radical (unpaired) electrons. The highest BCUT2D eigenvalue weighted by molar-refractivity contribution is 9.10. The largest absolute Gasteiger partial charge is 0.378 e. The van der Waals surface area contributed by atoms with Crippen molar-refractivity contribution in [3.05, 3.63) is 28.2 Å². The van der Waals surface area contributed by atoms with Crippen LogP contribution in [0.3, 0.4) is 0 Å². The minimum atomic E-state index is 0.139. The number of hydrogen-bond donors (Lipinski definition) is 1. The van der Waals surface area contributed by atoms with E-state index in [1.165, 1.54) is 0 Å². The number of ketones is 1. The topological polar surface area (TPSA) is 29.1 Å². The summed E-state index contributed by atoms with van der Waals surface area (Å²) in [5.41, 5.74) is 2.14. The molecule has 1 aromatic rings. The van der Waals surface area contributed by atoms with Gasteiger partial charge in [-0.05, 0) is 37.6 Å². The zero-order valence-electron chi connectivity index (χ0n) is 7.73. The van der Waals surface area contributed by atoms with Gasteiger partial charge in [0.1, 0.15) is 5.78 Å². The Bertz CT molecular complexity index is 323. The molecule has 0 aliphatic heterocycles. The van der Waals surface area contributed by atoms with Gasteiger partial charge in [0.15, 0.2) is 0 Å². The Morgan fingerprint density at radius 1 is 1.54 bits per heavy atom. The van der Waals surface area contributed by atoms with Gasteiger partial charge in [-0.2, -0.15) is 0 Å². The van der Waals surface area contributed by atoms with Crippen molar-refractivity contribution < 1.29 is 4.79 Å². The zero-order chi connectivity index (χ0) is 9.84. The molecule has 13 heavy (non-hydrogen) atoms. The van der Waals surface area contributed by atoms with Crippen molar-refractivity contribution in [1.29, 1.82) is 0 Å². The molecule has 2 nitrogen and oxygen atoms in total. The third-order valence-electron chi connectivity index (χ3n) is 1.70. The minimum Gasteiger partial charge on any atom is -0.378 e. The molecule has 0 aromatic heterocycles. The van der Waals surface area contributed by atoms with Crippen LogP contribution >= 0.6 is 15.9 Å². The number of carbonyl (C=O) groups excluding carboxylic acids is 1. The lowest BCUT2D eigenvalue weighted by atomic mass is 10.2. The molecule has 0 atom stereocenters. The van der Waals surface area contributed by atoms with Crippen molar-refractivity contribution in [3.63, 3.8) is 0 Å². The molecule has 0 bridgehead atoms. The minimum absolute atomic E-state index is 0.139. The number of nitrogens with one attached hydrogen (secondary N) is 1. The van der Waals surface area contributed by atoms with E-state index in [1.54, 1.807) is 6.92 Å². The van der Waals surface area contributed by atoms with Crippen molar-refractivity contribution in [1.82, 2.24) is 0 Å². The van der Waals surface area contributed by atoms with Crippen LogP contribution in [0.25, 0.3) is 0 Å². The number of benzene rings is 1. The molecule has 0 spiro atoms. The summed E-state index contributed by atoms with van der Waals surface area (Å²) in [4.78, 5) is 10.7.